The fourth-order valence-corrected chi connectivity index (χ4v) is 3.87. The highest BCUT2D eigenvalue weighted by Crippen LogP contribution is 2.30. The number of carbonyl (C=O) groups is 3. The van der Waals surface area contributed by atoms with Gasteiger partial charge in [0.05, 0.1) is 16.9 Å². The van der Waals surface area contributed by atoms with Crippen molar-refractivity contribution in [2.45, 2.75) is 13.8 Å². The van der Waals surface area contributed by atoms with Crippen molar-refractivity contribution in [3.8, 4) is 5.75 Å². The molecule has 0 saturated carbocycles. The van der Waals surface area contributed by atoms with Crippen molar-refractivity contribution in [3.63, 3.8) is 0 Å². The number of esters is 1. The zero-order valence-electron chi connectivity index (χ0n) is 19.0. The molecule has 0 aromatic heterocycles. The average Bonchev–Trinajstić information content (AvgIpc) is 2.85. The van der Waals surface area contributed by atoms with Gasteiger partial charge < -0.3 is 4.74 Å². The summed E-state index contributed by atoms with van der Waals surface area (Å²) in [6.07, 6.45) is 0. The van der Waals surface area contributed by atoms with Gasteiger partial charge in [0.2, 0.25) is 0 Å². The number of benzene rings is 4. The molecule has 0 fully saturated rings. The van der Waals surface area contributed by atoms with Crippen LogP contribution >= 0.6 is 0 Å². The number of imide groups is 1. The van der Waals surface area contributed by atoms with Gasteiger partial charge in [-0.25, -0.2) is 9.69 Å². The van der Waals surface area contributed by atoms with Crippen molar-refractivity contribution in [2.75, 3.05) is 16.3 Å². The Bertz CT molecular complexity index is 1350. The second kappa shape index (κ2) is 10.0. The van der Waals surface area contributed by atoms with E-state index < -0.39 is 17.9 Å². The first-order chi connectivity index (χ1) is 16.5. The molecule has 170 valence electrons. The number of fused-ring (bicyclic) bond motifs is 1. The monoisotopic (exact) mass is 452 g/mol. The van der Waals surface area contributed by atoms with Crippen molar-refractivity contribution in [1.29, 1.82) is 0 Å². The third kappa shape index (κ3) is 4.52. The highest BCUT2D eigenvalue weighted by molar-refractivity contribution is 6.26. The highest BCUT2D eigenvalue weighted by atomic mass is 16.5. The molecule has 0 aliphatic carbocycles. The van der Waals surface area contributed by atoms with Crippen molar-refractivity contribution >= 4 is 40.1 Å². The summed E-state index contributed by atoms with van der Waals surface area (Å²) in [5.74, 6) is -1.04. The van der Waals surface area contributed by atoms with E-state index in [-0.39, 0.29) is 11.3 Å². The number of ether oxygens (including phenoxy) is 1. The Hall–Kier alpha value is -4.45. The first-order valence-corrected chi connectivity index (χ1v) is 11.0. The molecule has 4 aromatic carbocycles. The predicted molar refractivity (Wildman–Crippen MR) is 133 cm³/mol. The van der Waals surface area contributed by atoms with Crippen molar-refractivity contribution < 1.29 is 19.1 Å². The van der Waals surface area contributed by atoms with Crippen LogP contribution in [0.2, 0.25) is 0 Å². The van der Waals surface area contributed by atoms with Crippen LogP contribution in [0, 0.1) is 0 Å². The minimum atomic E-state index is -0.591. The Morgan fingerprint density at radius 1 is 0.765 bits per heavy atom. The van der Waals surface area contributed by atoms with Crippen molar-refractivity contribution in [1.82, 2.24) is 0 Å². The van der Waals surface area contributed by atoms with E-state index >= 15 is 0 Å². The maximum atomic E-state index is 14.0. The number of carbonyl (C=O) groups excluding carboxylic acids is 3. The van der Waals surface area contributed by atoms with Crippen LogP contribution in [-0.4, -0.2) is 24.5 Å². The molecule has 0 unspecified atom stereocenters. The van der Waals surface area contributed by atoms with E-state index in [1.807, 2.05) is 55.5 Å². The highest BCUT2D eigenvalue weighted by Gasteiger charge is 2.31. The fourth-order valence-electron chi connectivity index (χ4n) is 3.87. The van der Waals surface area contributed by atoms with Gasteiger partial charge in [0.25, 0.3) is 5.91 Å². The Morgan fingerprint density at radius 2 is 1.41 bits per heavy atom. The average molecular weight is 453 g/mol. The molecule has 0 aliphatic heterocycles. The predicted octanol–water partition coefficient (Wildman–Crippen LogP) is 6.06. The summed E-state index contributed by atoms with van der Waals surface area (Å²) >= 11 is 0. The molecule has 3 amide bonds. The van der Waals surface area contributed by atoms with Gasteiger partial charge >= 0.3 is 12.0 Å². The largest absolute Gasteiger partial charge is 0.426 e. The molecule has 6 nitrogen and oxygen atoms in total. The van der Waals surface area contributed by atoms with Gasteiger partial charge in [0.15, 0.2) is 0 Å². The van der Waals surface area contributed by atoms with E-state index in [1.54, 1.807) is 41.3 Å². The van der Waals surface area contributed by atoms with Gasteiger partial charge in [-0.15, -0.1) is 0 Å². The van der Waals surface area contributed by atoms with Crippen LogP contribution < -0.4 is 14.5 Å². The number of hydrogen-bond donors (Lipinski definition) is 0. The summed E-state index contributed by atoms with van der Waals surface area (Å²) in [6.45, 7) is 3.47. The van der Waals surface area contributed by atoms with Gasteiger partial charge in [-0.3, -0.25) is 14.5 Å². The first-order valence-electron chi connectivity index (χ1n) is 11.0. The van der Waals surface area contributed by atoms with Crippen LogP contribution in [0.4, 0.5) is 16.2 Å². The second-order valence-electron chi connectivity index (χ2n) is 7.59. The smallest absolute Gasteiger partial charge is 0.336 e. The van der Waals surface area contributed by atoms with Crippen LogP contribution in [0.3, 0.4) is 0 Å². The lowest BCUT2D eigenvalue weighted by molar-refractivity contribution is -0.131. The summed E-state index contributed by atoms with van der Waals surface area (Å²) in [6, 6.07) is 28.1. The van der Waals surface area contributed by atoms with Gasteiger partial charge in [0, 0.05) is 18.9 Å². The lowest BCUT2D eigenvalue weighted by Crippen LogP contribution is -2.47. The standard InChI is InChI=1S/C28H24N2O4/c1-3-29(25-18-11-13-21-12-7-8-16-23(21)25)28(33)30(22-14-5-4-6-15-22)27(32)24-17-9-10-19-26(24)34-20(2)31/h4-19H,3H2,1-2H3. The Kier molecular flexibility index (Phi) is 6.69. The van der Waals surface area contributed by atoms with E-state index in [0.29, 0.717) is 17.9 Å². The van der Waals surface area contributed by atoms with E-state index in [1.165, 1.54) is 19.1 Å². The van der Waals surface area contributed by atoms with E-state index in [4.69, 9.17) is 4.74 Å². The Labute approximate surface area is 198 Å². The Morgan fingerprint density at radius 3 is 2.15 bits per heavy atom. The number of para-hydroxylation sites is 2. The van der Waals surface area contributed by atoms with Gasteiger partial charge in [-0.1, -0.05) is 66.7 Å². The molecule has 0 bridgehead atoms. The number of amides is 3. The normalized spacial score (nSPS) is 10.5. The number of anilines is 2. The van der Waals surface area contributed by atoms with Crippen molar-refractivity contribution in [3.05, 3.63) is 103 Å². The minimum absolute atomic E-state index is 0.0990. The summed E-state index contributed by atoms with van der Waals surface area (Å²) < 4.78 is 5.25. The van der Waals surface area contributed by atoms with Crippen LogP contribution in [0.1, 0.15) is 24.2 Å². The number of rotatable bonds is 5. The Balaban J connectivity index is 1.83. The molecule has 34 heavy (non-hydrogen) atoms. The third-order valence-corrected chi connectivity index (χ3v) is 5.38. The SMILES string of the molecule is CCN(C(=O)N(C(=O)c1ccccc1OC(C)=O)c1ccccc1)c1cccc2ccccc12. The van der Waals surface area contributed by atoms with Crippen LogP contribution in [0.5, 0.6) is 5.75 Å². The maximum Gasteiger partial charge on any atom is 0.336 e. The second-order valence-corrected chi connectivity index (χ2v) is 7.59. The van der Waals surface area contributed by atoms with Crippen molar-refractivity contribution in [2.24, 2.45) is 0 Å². The first kappa shape index (κ1) is 22.7. The molecule has 4 aromatic rings. The number of nitrogens with zero attached hydrogens (tertiary/aromatic N) is 2. The van der Waals surface area contributed by atoms with Crippen LogP contribution in [-0.2, 0) is 4.79 Å². The van der Waals surface area contributed by atoms with Gasteiger partial charge in [-0.05, 0) is 42.6 Å². The molecule has 0 spiro atoms. The molecule has 4 rings (SSSR count). The zero-order valence-corrected chi connectivity index (χ0v) is 19.0. The molecular formula is C28H24N2O4. The van der Waals surface area contributed by atoms with Gasteiger partial charge in [0.1, 0.15) is 5.75 Å². The molecule has 6 heteroatoms. The van der Waals surface area contributed by atoms with E-state index in [0.717, 1.165) is 15.7 Å². The number of hydrogen-bond acceptors (Lipinski definition) is 4. The molecule has 0 saturated heterocycles. The summed E-state index contributed by atoms with van der Waals surface area (Å²) in [4.78, 5) is 42.1. The lowest BCUT2D eigenvalue weighted by atomic mass is 10.1. The topological polar surface area (TPSA) is 66.9 Å². The van der Waals surface area contributed by atoms with E-state index in [2.05, 4.69) is 0 Å². The van der Waals surface area contributed by atoms with E-state index in [9.17, 15) is 14.4 Å². The zero-order chi connectivity index (χ0) is 24.1. The van der Waals surface area contributed by atoms with Gasteiger partial charge in [-0.2, -0.15) is 0 Å². The molecule has 0 aliphatic rings. The summed E-state index contributed by atoms with van der Waals surface area (Å²) in [5.41, 5.74) is 1.23. The minimum Gasteiger partial charge on any atom is -0.426 e. The molecule has 0 atom stereocenters. The molecule has 0 heterocycles. The van der Waals surface area contributed by atoms with Crippen LogP contribution in [0.25, 0.3) is 10.8 Å². The maximum absolute atomic E-state index is 14.0. The molecule has 0 radical (unpaired) electrons. The molecule has 0 N–H and O–H groups in total. The third-order valence-electron chi connectivity index (χ3n) is 5.38. The van der Waals surface area contributed by atoms with Crippen LogP contribution in [0.15, 0.2) is 97.1 Å². The molecular weight excluding hydrogens is 428 g/mol. The summed E-state index contributed by atoms with van der Waals surface area (Å²) in [5, 5.41) is 1.89. The lowest BCUT2D eigenvalue weighted by Gasteiger charge is -2.30. The quantitative estimate of drug-likeness (QED) is 0.273. The fraction of sp³-hybridized carbons (Fsp3) is 0.107. The number of urea groups is 1. The summed E-state index contributed by atoms with van der Waals surface area (Å²) in [7, 11) is 0.